The molecule has 1 heterocycles. The molecule has 0 aliphatic carbocycles. The Morgan fingerprint density at radius 1 is 0.636 bits per heavy atom. The van der Waals surface area contributed by atoms with Crippen LogP contribution in [0, 0.1) is 13.8 Å². The minimum absolute atomic E-state index is 1.18. The third kappa shape index (κ3) is 9.97. The first-order chi connectivity index (χ1) is 10.7. The zero-order chi connectivity index (χ0) is 16.0. The fraction of sp³-hybridized carbons (Fsp3) is 0.762. The summed E-state index contributed by atoms with van der Waals surface area (Å²) in [5, 5.41) is 0. The fourth-order valence-electron chi connectivity index (χ4n) is 3.26. The van der Waals surface area contributed by atoms with Gasteiger partial charge in [-0.25, -0.2) is 4.57 Å². The molecule has 0 aromatic carbocycles. The number of rotatable bonds is 13. The molecular weight excluding hydrogens is 266 g/mol. The maximum atomic E-state index is 2.36. The highest BCUT2D eigenvalue weighted by atomic mass is 14.9. The van der Waals surface area contributed by atoms with Crippen molar-refractivity contribution in [1.82, 2.24) is 0 Å². The van der Waals surface area contributed by atoms with Crippen LogP contribution in [0.3, 0.4) is 0 Å². The number of nitrogens with zero attached hydrogens (tertiary/aromatic N) is 1. The van der Waals surface area contributed by atoms with Gasteiger partial charge in [-0.1, -0.05) is 71.1 Å². The molecule has 0 unspecified atom stereocenters. The lowest BCUT2D eigenvalue weighted by atomic mass is 10.1. The molecule has 0 atom stereocenters. The topological polar surface area (TPSA) is 3.88 Å². The Labute approximate surface area is 139 Å². The molecule has 0 saturated heterocycles. The highest BCUT2D eigenvalue weighted by Crippen LogP contribution is 2.11. The molecule has 0 amide bonds. The van der Waals surface area contributed by atoms with Crippen molar-refractivity contribution in [3.05, 3.63) is 29.6 Å². The monoisotopic (exact) mass is 304 g/mol. The van der Waals surface area contributed by atoms with E-state index >= 15 is 0 Å². The highest BCUT2D eigenvalue weighted by molar-refractivity contribution is 5.11. The predicted octanol–water partition coefficient (Wildman–Crippen LogP) is 6.29. The van der Waals surface area contributed by atoms with E-state index in [2.05, 4.69) is 43.8 Å². The van der Waals surface area contributed by atoms with Gasteiger partial charge in [-0.3, -0.25) is 0 Å². The van der Waals surface area contributed by atoms with Crippen LogP contribution in [0.5, 0.6) is 0 Å². The average Bonchev–Trinajstić information content (AvgIpc) is 2.47. The van der Waals surface area contributed by atoms with E-state index in [1.807, 2.05) is 0 Å². The molecular formula is C21H38N+. The Kier molecular flexibility index (Phi) is 11.1. The zero-order valence-electron chi connectivity index (χ0n) is 15.4. The van der Waals surface area contributed by atoms with Crippen molar-refractivity contribution in [2.24, 2.45) is 0 Å². The van der Waals surface area contributed by atoms with E-state index in [0.717, 1.165) is 0 Å². The maximum Gasteiger partial charge on any atom is 0.171 e. The summed E-state index contributed by atoms with van der Waals surface area (Å²) in [5.74, 6) is 0. The number of hydrogen-bond acceptors (Lipinski definition) is 0. The first kappa shape index (κ1) is 19.2. The largest absolute Gasteiger partial charge is 0.205 e. The van der Waals surface area contributed by atoms with Crippen LogP contribution in [-0.4, -0.2) is 0 Å². The van der Waals surface area contributed by atoms with Crippen molar-refractivity contribution in [3.8, 4) is 0 Å². The summed E-state index contributed by atoms with van der Waals surface area (Å²) < 4.78 is 2.36. The maximum absolute atomic E-state index is 2.36. The van der Waals surface area contributed by atoms with Gasteiger partial charge in [0.15, 0.2) is 12.4 Å². The Balaban J connectivity index is 1.89. The van der Waals surface area contributed by atoms with Gasteiger partial charge >= 0.3 is 0 Å². The molecule has 0 aliphatic heterocycles. The summed E-state index contributed by atoms with van der Waals surface area (Å²) in [6.07, 6.45) is 21.6. The van der Waals surface area contributed by atoms with Crippen LogP contribution in [-0.2, 0) is 6.54 Å². The van der Waals surface area contributed by atoms with Crippen LogP contribution in [0.2, 0.25) is 0 Å². The molecule has 0 spiro atoms. The summed E-state index contributed by atoms with van der Waals surface area (Å²) in [4.78, 5) is 0. The summed E-state index contributed by atoms with van der Waals surface area (Å²) in [6, 6.07) is 2.25. The van der Waals surface area contributed by atoms with Crippen LogP contribution in [0.4, 0.5) is 0 Å². The van der Waals surface area contributed by atoms with Crippen LogP contribution in [0.15, 0.2) is 18.5 Å². The fourth-order valence-corrected chi connectivity index (χ4v) is 3.26. The molecule has 0 fully saturated rings. The summed E-state index contributed by atoms with van der Waals surface area (Å²) >= 11 is 0. The van der Waals surface area contributed by atoms with E-state index in [1.165, 1.54) is 94.7 Å². The van der Waals surface area contributed by atoms with E-state index in [1.54, 1.807) is 0 Å². The van der Waals surface area contributed by atoms with E-state index in [-0.39, 0.29) is 0 Å². The van der Waals surface area contributed by atoms with Crippen LogP contribution < -0.4 is 4.57 Å². The molecule has 0 N–H and O–H groups in total. The molecule has 1 aromatic heterocycles. The molecule has 1 rings (SSSR count). The van der Waals surface area contributed by atoms with E-state index in [4.69, 9.17) is 0 Å². The lowest BCUT2D eigenvalue weighted by Gasteiger charge is -2.03. The second-order valence-electron chi connectivity index (χ2n) is 7.02. The predicted molar refractivity (Wildman–Crippen MR) is 97.2 cm³/mol. The van der Waals surface area contributed by atoms with Crippen molar-refractivity contribution in [3.63, 3.8) is 0 Å². The molecule has 0 radical (unpaired) electrons. The molecule has 0 bridgehead atoms. The standard InChI is InChI=1S/C21H38N/c1-4-5-6-7-8-9-10-11-12-13-14-15-16-22-18-20(2)17-21(3)19-22/h17-19H,4-16H2,1-3H3/q+1. The highest BCUT2D eigenvalue weighted by Gasteiger charge is 2.02. The van der Waals surface area contributed by atoms with Gasteiger partial charge in [0.1, 0.15) is 6.54 Å². The molecule has 1 heteroatoms. The number of unbranched alkanes of at least 4 members (excludes halogenated alkanes) is 11. The van der Waals surface area contributed by atoms with Crippen molar-refractivity contribution in [2.75, 3.05) is 0 Å². The quantitative estimate of drug-likeness (QED) is 0.298. The normalized spacial score (nSPS) is 11.0. The van der Waals surface area contributed by atoms with Crippen LogP contribution >= 0.6 is 0 Å². The molecule has 0 aliphatic rings. The second-order valence-corrected chi connectivity index (χ2v) is 7.02. The molecule has 126 valence electrons. The van der Waals surface area contributed by atoms with Gasteiger partial charge in [0.25, 0.3) is 0 Å². The van der Waals surface area contributed by atoms with Gasteiger partial charge in [0, 0.05) is 17.5 Å². The van der Waals surface area contributed by atoms with E-state index in [0.29, 0.717) is 0 Å². The Morgan fingerprint density at radius 2 is 1.05 bits per heavy atom. The number of aromatic nitrogens is 1. The summed E-state index contributed by atoms with van der Waals surface area (Å²) in [7, 11) is 0. The number of hydrogen-bond donors (Lipinski definition) is 0. The molecule has 1 nitrogen and oxygen atoms in total. The second kappa shape index (κ2) is 12.7. The van der Waals surface area contributed by atoms with Crippen molar-refractivity contribution < 1.29 is 4.57 Å². The SMILES string of the molecule is CCCCCCCCCCCCCC[n+]1cc(C)cc(C)c1. The van der Waals surface area contributed by atoms with E-state index < -0.39 is 0 Å². The lowest BCUT2D eigenvalue weighted by molar-refractivity contribution is -0.698. The first-order valence-corrected chi connectivity index (χ1v) is 9.69. The lowest BCUT2D eigenvalue weighted by Crippen LogP contribution is -2.33. The van der Waals surface area contributed by atoms with E-state index in [9.17, 15) is 0 Å². The minimum Gasteiger partial charge on any atom is -0.205 e. The van der Waals surface area contributed by atoms with Gasteiger partial charge in [-0.05, 0) is 26.3 Å². The van der Waals surface area contributed by atoms with Gasteiger partial charge < -0.3 is 0 Å². The third-order valence-electron chi connectivity index (χ3n) is 4.46. The summed E-state index contributed by atoms with van der Waals surface area (Å²) in [5.41, 5.74) is 2.75. The van der Waals surface area contributed by atoms with Crippen molar-refractivity contribution in [1.29, 1.82) is 0 Å². The number of aryl methyl sites for hydroxylation is 3. The van der Waals surface area contributed by atoms with Crippen molar-refractivity contribution >= 4 is 0 Å². The zero-order valence-corrected chi connectivity index (χ0v) is 15.4. The number of pyridine rings is 1. The van der Waals surface area contributed by atoms with Crippen LogP contribution in [0.1, 0.15) is 95.1 Å². The molecule has 22 heavy (non-hydrogen) atoms. The minimum atomic E-state index is 1.18. The Morgan fingerprint density at radius 3 is 1.50 bits per heavy atom. The molecule has 1 aromatic rings. The Hall–Kier alpha value is -0.850. The third-order valence-corrected chi connectivity index (χ3v) is 4.46. The molecule has 0 saturated carbocycles. The summed E-state index contributed by atoms with van der Waals surface area (Å²) in [6.45, 7) is 7.84. The van der Waals surface area contributed by atoms with Gasteiger partial charge in [-0.2, -0.15) is 0 Å². The van der Waals surface area contributed by atoms with Gasteiger partial charge in [0.05, 0.1) is 0 Å². The average molecular weight is 305 g/mol. The van der Waals surface area contributed by atoms with Crippen LogP contribution in [0.25, 0.3) is 0 Å². The van der Waals surface area contributed by atoms with Gasteiger partial charge in [0.2, 0.25) is 0 Å². The smallest absolute Gasteiger partial charge is 0.171 e. The van der Waals surface area contributed by atoms with Crippen molar-refractivity contribution in [2.45, 2.75) is 104 Å². The Bertz CT molecular complexity index is 363. The first-order valence-electron chi connectivity index (χ1n) is 9.69. The van der Waals surface area contributed by atoms with Gasteiger partial charge in [-0.15, -0.1) is 0 Å².